The Bertz CT molecular complexity index is 261. The van der Waals surface area contributed by atoms with E-state index in [-0.39, 0.29) is 0 Å². The zero-order valence-corrected chi connectivity index (χ0v) is 20.1. The first-order valence-electron chi connectivity index (χ1n) is 11.7. The Kier molecular flexibility index (Phi) is 22.5. The van der Waals surface area contributed by atoms with E-state index in [1.807, 2.05) is 0 Å². The summed E-state index contributed by atoms with van der Waals surface area (Å²) in [5.41, 5.74) is 0. The van der Waals surface area contributed by atoms with Gasteiger partial charge in [-0.15, -0.1) is 0 Å². The van der Waals surface area contributed by atoms with Crippen molar-refractivity contribution in [2.24, 2.45) is 0 Å². The Morgan fingerprint density at radius 3 is 1.81 bits per heavy atom. The summed E-state index contributed by atoms with van der Waals surface area (Å²) in [6.07, 6.45) is 18.3. The van der Waals surface area contributed by atoms with Gasteiger partial charge in [0.05, 0.1) is 0 Å². The fraction of sp³-hybridized carbons (Fsp3) is 1.00. The monoisotopic (exact) mass is 403 g/mol. The van der Waals surface area contributed by atoms with E-state index >= 15 is 0 Å². The van der Waals surface area contributed by atoms with Gasteiger partial charge in [0, 0.05) is 23.6 Å². The van der Waals surface area contributed by atoms with Crippen molar-refractivity contribution in [3.8, 4) is 0 Å². The minimum atomic E-state index is 0.656. The van der Waals surface area contributed by atoms with Gasteiger partial charge in [-0.2, -0.15) is 23.5 Å². The van der Waals surface area contributed by atoms with Crippen LogP contribution in [-0.4, -0.2) is 35.1 Å². The van der Waals surface area contributed by atoms with Crippen LogP contribution in [0.15, 0.2) is 0 Å². The molecule has 0 fully saturated rings. The molecule has 1 N–H and O–H groups in total. The molecule has 0 aromatic rings. The van der Waals surface area contributed by atoms with Crippen molar-refractivity contribution in [1.29, 1.82) is 0 Å². The number of thioether (sulfide) groups is 2. The van der Waals surface area contributed by atoms with Crippen LogP contribution in [0.4, 0.5) is 0 Å². The highest BCUT2D eigenvalue weighted by Gasteiger charge is 2.09. The topological polar surface area (TPSA) is 12.0 Å². The second kappa shape index (κ2) is 22.0. The van der Waals surface area contributed by atoms with Crippen LogP contribution in [-0.2, 0) is 0 Å². The second-order valence-corrected chi connectivity index (χ2v) is 10.4. The first-order chi connectivity index (χ1) is 12.7. The predicted octanol–water partition coefficient (Wildman–Crippen LogP) is 7.93. The van der Waals surface area contributed by atoms with Crippen molar-refractivity contribution in [2.45, 2.75) is 122 Å². The molecular formula is C23H49NS2. The maximum atomic E-state index is 3.78. The Morgan fingerprint density at radius 1 is 0.692 bits per heavy atom. The largest absolute Gasteiger partial charge is 0.312 e. The SMILES string of the molecule is CCCCCCCCSCC(C)NCC(CC)SCCCCCCCC. The summed E-state index contributed by atoms with van der Waals surface area (Å²) < 4.78 is 0. The highest BCUT2D eigenvalue weighted by atomic mass is 32.2. The molecule has 3 heteroatoms. The summed E-state index contributed by atoms with van der Waals surface area (Å²) in [4.78, 5) is 0. The summed E-state index contributed by atoms with van der Waals surface area (Å²) in [6.45, 7) is 10.5. The van der Waals surface area contributed by atoms with Gasteiger partial charge in [0.15, 0.2) is 0 Å². The molecule has 26 heavy (non-hydrogen) atoms. The third kappa shape index (κ3) is 19.4. The standard InChI is InChI=1S/C23H49NS2/c1-5-8-10-12-14-16-18-25-21-22(4)24-20-23(7-3)26-19-17-15-13-11-9-6-2/h22-24H,5-21H2,1-4H3. The molecule has 0 aromatic carbocycles. The lowest BCUT2D eigenvalue weighted by atomic mass is 10.1. The Labute approximate surface area is 175 Å². The van der Waals surface area contributed by atoms with E-state index in [9.17, 15) is 0 Å². The van der Waals surface area contributed by atoms with Gasteiger partial charge < -0.3 is 5.32 Å². The molecule has 2 atom stereocenters. The molecule has 0 bridgehead atoms. The zero-order chi connectivity index (χ0) is 19.3. The van der Waals surface area contributed by atoms with Crippen molar-refractivity contribution in [3.63, 3.8) is 0 Å². The molecular weight excluding hydrogens is 354 g/mol. The van der Waals surface area contributed by atoms with E-state index in [0.717, 1.165) is 5.25 Å². The van der Waals surface area contributed by atoms with Crippen molar-refractivity contribution in [3.05, 3.63) is 0 Å². The molecule has 1 nitrogen and oxygen atoms in total. The van der Waals surface area contributed by atoms with Gasteiger partial charge in [-0.25, -0.2) is 0 Å². The molecule has 0 aliphatic heterocycles. The smallest absolute Gasteiger partial charge is 0.0169 e. The molecule has 0 spiro atoms. The number of unbranched alkanes of at least 4 members (excludes halogenated alkanes) is 10. The van der Waals surface area contributed by atoms with Crippen LogP contribution in [0, 0.1) is 0 Å². The zero-order valence-electron chi connectivity index (χ0n) is 18.5. The molecule has 0 amide bonds. The average molecular weight is 404 g/mol. The van der Waals surface area contributed by atoms with E-state index < -0.39 is 0 Å². The Hall–Kier alpha value is 0.660. The molecule has 2 unspecified atom stereocenters. The summed E-state index contributed by atoms with van der Waals surface area (Å²) in [6, 6.07) is 0.656. The van der Waals surface area contributed by atoms with Gasteiger partial charge in [-0.05, 0) is 37.7 Å². The first kappa shape index (κ1) is 26.7. The summed E-state index contributed by atoms with van der Waals surface area (Å²) in [5.74, 6) is 3.98. The predicted molar refractivity (Wildman–Crippen MR) is 128 cm³/mol. The highest BCUT2D eigenvalue weighted by molar-refractivity contribution is 8.00. The third-order valence-corrected chi connectivity index (χ3v) is 7.82. The molecule has 0 radical (unpaired) electrons. The normalized spacial score (nSPS) is 13.8. The Morgan fingerprint density at radius 2 is 1.23 bits per heavy atom. The van der Waals surface area contributed by atoms with Crippen LogP contribution in [0.5, 0.6) is 0 Å². The number of rotatable bonds is 21. The van der Waals surface area contributed by atoms with Gasteiger partial charge in [-0.3, -0.25) is 0 Å². The van der Waals surface area contributed by atoms with Gasteiger partial charge in [-0.1, -0.05) is 85.0 Å². The molecule has 0 saturated carbocycles. The van der Waals surface area contributed by atoms with Crippen molar-refractivity contribution < 1.29 is 0 Å². The number of nitrogens with one attached hydrogen (secondary N) is 1. The van der Waals surface area contributed by atoms with Crippen molar-refractivity contribution >= 4 is 23.5 Å². The molecule has 0 saturated heterocycles. The van der Waals surface area contributed by atoms with Gasteiger partial charge in [0.2, 0.25) is 0 Å². The highest BCUT2D eigenvalue weighted by Crippen LogP contribution is 2.17. The maximum absolute atomic E-state index is 3.78. The van der Waals surface area contributed by atoms with Crippen molar-refractivity contribution in [2.75, 3.05) is 23.8 Å². The number of hydrogen-bond donors (Lipinski definition) is 1. The second-order valence-electron chi connectivity index (χ2n) is 7.82. The van der Waals surface area contributed by atoms with Crippen LogP contribution in [0.2, 0.25) is 0 Å². The minimum absolute atomic E-state index is 0.656. The third-order valence-electron chi connectivity index (χ3n) is 5.01. The van der Waals surface area contributed by atoms with Gasteiger partial charge in [0.25, 0.3) is 0 Å². The number of hydrogen-bond acceptors (Lipinski definition) is 3. The molecule has 158 valence electrons. The van der Waals surface area contributed by atoms with Crippen LogP contribution in [0.1, 0.15) is 111 Å². The fourth-order valence-corrected chi connectivity index (χ4v) is 5.29. The minimum Gasteiger partial charge on any atom is -0.312 e. The average Bonchev–Trinajstić information content (AvgIpc) is 2.65. The Balaban J connectivity index is 3.46. The van der Waals surface area contributed by atoms with Crippen LogP contribution >= 0.6 is 23.5 Å². The lowest BCUT2D eigenvalue weighted by Crippen LogP contribution is -2.34. The van der Waals surface area contributed by atoms with Crippen molar-refractivity contribution in [1.82, 2.24) is 5.32 Å². The van der Waals surface area contributed by atoms with Crippen LogP contribution in [0.3, 0.4) is 0 Å². The summed E-state index contributed by atoms with van der Waals surface area (Å²) in [7, 11) is 0. The van der Waals surface area contributed by atoms with E-state index in [1.165, 1.54) is 107 Å². The van der Waals surface area contributed by atoms with E-state index in [0.29, 0.717) is 6.04 Å². The van der Waals surface area contributed by atoms with E-state index in [2.05, 4.69) is 56.5 Å². The first-order valence-corrected chi connectivity index (χ1v) is 13.9. The quantitative estimate of drug-likeness (QED) is 0.195. The molecule has 0 aromatic heterocycles. The molecule has 0 heterocycles. The van der Waals surface area contributed by atoms with E-state index in [1.54, 1.807) is 0 Å². The fourth-order valence-electron chi connectivity index (χ4n) is 3.09. The maximum Gasteiger partial charge on any atom is 0.0169 e. The van der Waals surface area contributed by atoms with Crippen LogP contribution in [0.25, 0.3) is 0 Å². The molecule has 0 aliphatic carbocycles. The summed E-state index contributed by atoms with van der Waals surface area (Å²) >= 11 is 4.35. The van der Waals surface area contributed by atoms with Crippen LogP contribution < -0.4 is 5.32 Å². The van der Waals surface area contributed by atoms with Gasteiger partial charge in [0.1, 0.15) is 0 Å². The summed E-state index contributed by atoms with van der Waals surface area (Å²) in [5, 5.41) is 4.58. The molecule has 0 rings (SSSR count). The lowest BCUT2D eigenvalue weighted by Gasteiger charge is -2.19. The lowest BCUT2D eigenvalue weighted by molar-refractivity contribution is 0.578. The van der Waals surface area contributed by atoms with Gasteiger partial charge >= 0.3 is 0 Å². The van der Waals surface area contributed by atoms with E-state index in [4.69, 9.17) is 0 Å². The molecule has 0 aliphatic rings.